The minimum Gasteiger partial charge on any atom is -0.374 e. The second-order valence-electron chi connectivity index (χ2n) is 7.97. The summed E-state index contributed by atoms with van der Waals surface area (Å²) in [5.41, 5.74) is 1.11. The zero-order valence-electron chi connectivity index (χ0n) is 18.0. The molecule has 1 fully saturated rings. The van der Waals surface area contributed by atoms with Gasteiger partial charge in [0.1, 0.15) is 0 Å². The summed E-state index contributed by atoms with van der Waals surface area (Å²) in [5, 5.41) is 8.00. The molecule has 0 radical (unpaired) electrons. The van der Waals surface area contributed by atoms with Gasteiger partial charge in [0.25, 0.3) is 0 Å². The Morgan fingerprint density at radius 2 is 2.21 bits per heavy atom. The van der Waals surface area contributed by atoms with Gasteiger partial charge in [-0.05, 0) is 31.4 Å². The third-order valence-corrected chi connectivity index (χ3v) is 5.94. The molecule has 1 aliphatic rings. The number of benzene rings is 1. The topological polar surface area (TPSA) is 61.8 Å². The molecule has 0 spiro atoms. The van der Waals surface area contributed by atoms with Crippen molar-refractivity contribution in [2.45, 2.75) is 39.7 Å². The molecule has 160 valence electrons. The van der Waals surface area contributed by atoms with Crippen LogP contribution >= 0.6 is 11.3 Å². The van der Waals surface area contributed by atoms with Crippen LogP contribution in [0.25, 0.3) is 10.2 Å². The van der Waals surface area contributed by atoms with E-state index in [2.05, 4.69) is 54.5 Å². The van der Waals surface area contributed by atoms with E-state index in [1.165, 1.54) is 9.71 Å². The summed E-state index contributed by atoms with van der Waals surface area (Å²) in [5.74, 6) is 1.56. The molecule has 2 N–H and O–H groups in total. The van der Waals surface area contributed by atoms with E-state index >= 15 is 0 Å². The van der Waals surface area contributed by atoms with Gasteiger partial charge in [0.05, 0.1) is 34.5 Å². The first kappa shape index (κ1) is 22.0. The van der Waals surface area contributed by atoms with Crippen molar-refractivity contribution < 1.29 is 4.74 Å². The molecular weight excluding hydrogens is 382 g/mol. The maximum absolute atomic E-state index is 5.92. The van der Waals surface area contributed by atoms with E-state index in [0.717, 1.165) is 63.6 Å². The number of nitrogens with one attached hydrogen (secondary N) is 2. The SMILES string of the molecule is CCNC(=NCC1CN(CC(C)C)CCO1)NCCCc1nc2ccccc2s1. The molecule has 1 aliphatic heterocycles. The number of hydrogen-bond donors (Lipinski definition) is 2. The van der Waals surface area contributed by atoms with E-state index in [4.69, 9.17) is 14.7 Å². The van der Waals surface area contributed by atoms with Crippen LogP contribution < -0.4 is 10.6 Å². The van der Waals surface area contributed by atoms with Crippen LogP contribution in [-0.2, 0) is 11.2 Å². The lowest BCUT2D eigenvalue weighted by molar-refractivity contribution is -0.0261. The number of ether oxygens (including phenoxy) is 1. The molecule has 0 bridgehead atoms. The molecule has 2 aromatic rings. The Labute approximate surface area is 178 Å². The van der Waals surface area contributed by atoms with Gasteiger partial charge in [0, 0.05) is 39.1 Å². The van der Waals surface area contributed by atoms with Crippen LogP contribution in [0.4, 0.5) is 0 Å². The van der Waals surface area contributed by atoms with Gasteiger partial charge in [-0.2, -0.15) is 0 Å². The van der Waals surface area contributed by atoms with E-state index in [1.54, 1.807) is 11.3 Å². The van der Waals surface area contributed by atoms with E-state index in [9.17, 15) is 0 Å². The number of thiazole rings is 1. The highest BCUT2D eigenvalue weighted by Gasteiger charge is 2.20. The first-order chi connectivity index (χ1) is 14.1. The Kier molecular flexibility index (Phi) is 8.70. The number of aryl methyl sites for hydroxylation is 1. The highest BCUT2D eigenvalue weighted by atomic mass is 32.1. The molecule has 1 unspecified atom stereocenters. The van der Waals surface area contributed by atoms with Crippen molar-refractivity contribution in [2.75, 3.05) is 45.9 Å². The average molecular weight is 418 g/mol. The largest absolute Gasteiger partial charge is 0.374 e. The summed E-state index contributed by atoms with van der Waals surface area (Å²) in [7, 11) is 0. The summed E-state index contributed by atoms with van der Waals surface area (Å²) in [6.45, 7) is 13.0. The molecule has 1 atom stereocenters. The van der Waals surface area contributed by atoms with Crippen molar-refractivity contribution in [3.8, 4) is 0 Å². The van der Waals surface area contributed by atoms with Crippen molar-refractivity contribution in [1.82, 2.24) is 20.5 Å². The number of hydrogen-bond acceptors (Lipinski definition) is 5. The summed E-state index contributed by atoms with van der Waals surface area (Å²) in [6.07, 6.45) is 2.20. The molecule has 1 aromatic carbocycles. The number of guanidine groups is 1. The smallest absolute Gasteiger partial charge is 0.191 e. The number of rotatable bonds is 9. The average Bonchev–Trinajstić information content (AvgIpc) is 3.12. The van der Waals surface area contributed by atoms with Gasteiger partial charge < -0.3 is 15.4 Å². The van der Waals surface area contributed by atoms with Crippen molar-refractivity contribution in [3.05, 3.63) is 29.3 Å². The second-order valence-corrected chi connectivity index (χ2v) is 9.09. The molecule has 29 heavy (non-hydrogen) atoms. The van der Waals surface area contributed by atoms with Crippen molar-refractivity contribution >= 4 is 27.5 Å². The van der Waals surface area contributed by atoms with E-state index in [1.807, 2.05) is 6.07 Å². The van der Waals surface area contributed by atoms with Crippen LogP contribution in [-0.4, -0.2) is 67.8 Å². The Hall–Kier alpha value is -1.70. The quantitative estimate of drug-likeness (QED) is 0.373. The number of para-hydroxylation sites is 1. The van der Waals surface area contributed by atoms with Gasteiger partial charge in [-0.3, -0.25) is 9.89 Å². The molecular formula is C22H35N5OS. The lowest BCUT2D eigenvalue weighted by Crippen LogP contribution is -2.46. The predicted molar refractivity (Wildman–Crippen MR) is 123 cm³/mol. The summed E-state index contributed by atoms with van der Waals surface area (Å²) >= 11 is 1.79. The molecule has 2 heterocycles. The van der Waals surface area contributed by atoms with E-state index < -0.39 is 0 Å². The van der Waals surface area contributed by atoms with Crippen LogP contribution in [0.2, 0.25) is 0 Å². The summed E-state index contributed by atoms with van der Waals surface area (Å²) in [4.78, 5) is 12.0. The molecule has 0 saturated carbocycles. The monoisotopic (exact) mass is 417 g/mol. The van der Waals surface area contributed by atoms with Crippen LogP contribution in [0.1, 0.15) is 32.2 Å². The molecule has 6 nitrogen and oxygen atoms in total. The standard InChI is InChI=1S/C22H35N5OS/c1-4-23-22(25-14-18-16-27(12-13-28-18)15-17(2)3)24-11-7-10-21-26-19-8-5-6-9-20(19)29-21/h5-6,8-9,17-18H,4,7,10-16H2,1-3H3,(H2,23,24,25). The maximum atomic E-state index is 5.92. The van der Waals surface area contributed by atoms with Crippen molar-refractivity contribution in [3.63, 3.8) is 0 Å². The summed E-state index contributed by atoms with van der Waals surface area (Å²) < 4.78 is 7.19. The summed E-state index contributed by atoms with van der Waals surface area (Å²) in [6, 6.07) is 8.34. The van der Waals surface area contributed by atoms with Crippen molar-refractivity contribution in [2.24, 2.45) is 10.9 Å². The number of morpholine rings is 1. The number of nitrogens with zero attached hydrogens (tertiary/aromatic N) is 3. The van der Waals surface area contributed by atoms with Gasteiger partial charge in [0.2, 0.25) is 0 Å². The van der Waals surface area contributed by atoms with Crippen molar-refractivity contribution in [1.29, 1.82) is 0 Å². The van der Waals surface area contributed by atoms with Crippen LogP contribution in [0.15, 0.2) is 29.3 Å². The van der Waals surface area contributed by atoms with Gasteiger partial charge >= 0.3 is 0 Å². The molecule has 1 aromatic heterocycles. The lowest BCUT2D eigenvalue weighted by atomic mass is 10.2. The fraction of sp³-hybridized carbons (Fsp3) is 0.636. The fourth-order valence-corrected chi connectivity index (χ4v) is 4.59. The number of fused-ring (bicyclic) bond motifs is 1. The van der Waals surface area contributed by atoms with E-state index in [-0.39, 0.29) is 6.10 Å². The first-order valence-corrected chi connectivity index (χ1v) is 11.7. The van der Waals surface area contributed by atoms with Gasteiger partial charge in [-0.15, -0.1) is 11.3 Å². The molecule has 0 aliphatic carbocycles. The second kappa shape index (κ2) is 11.5. The van der Waals surface area contributed by atoms with Gasteiger partial charge in [0.15, 0.2) is 5.96 Å². The highest BCUT2D eigenvalue weighted by molar-refractivity contribution is 7.18. The highest BCUT2D eigenvalue weighted by Crippen LogP contribution is 2.22. The zero-order valence-corrected chi connectivity index (χ0v) is 18.8. The zero-order chi connectivity index (χ0) is 20.5. The number of aromatic nitrogens is 1. The van der Waals surface area contributed by atoms with Crippen LogP contribution in [0.5, 0.6) is 0 Å². The van der Waals surface area contributed by atoms with Gasteiger partial charge in [-0.1, -0.05) is 26.0 Å². The molecule has 7 heteroatoms. The fourth-order valence-electron chi connectivity index (χ4n) is 3.58. The van der Waals surface area contributed by atoms with Crippen LogP contribution in [0.3, 0.4) is 0 Å². The Balaban J connectivity index is 1.42. The third-order valence-electron chi connectivity index (χ3n) is 4.84. The Bertz CT molecular complexity index is 742. The number of aliphatic imine (C=N–C) groups is 1. The molecule has 1 saturated heterocycles. The molecule has 0 amide bonds. The normalized spacial score (nSPS) is 18.5. The van der Waals surface area contributed by atoms with Gasteiger partial charge in [-0.25, -0.2) is 4.98 Å². The van der Waals surface area contributed by atoms with E-state index in [0.29, 0.717) is 12.5 Å². The minimum atomic E-state index is 0.181. The molecule has 3 rings (SSSR count). The Morgan fingerprint density at radius 3 is 3.00 bits per heavy atom. The van der Waals surface area contributed by atoms with Crippen LogP contribution in [0, 0.1) is 5.92 Å². The maximum Gasteiger partial charge on any atom is 0.191 e. The Morgan fingerprint density at radius 1 is 1.34 bits per heavy atom. The minimum absolute atomic E-state index is 0.181. The lowest BCUT2D eigenvalue weighted by Gasteiger charge is -2.33. The predicted octanol–water partition coefficient (Wildman–Crippen LogP) is 3.14. The first-order valence-electron chi connectivity index (χ1n) is 10.8. The third kappa shape index (κ3) is 7.24.